The van der Waals surface area contributed by atoms with Gasteiger partial charge in [-0.2, -0.15) is 0 Å². The fourth-order valence-corrected chi connectivity index (χ4v) is 1.72. The number of ketones is 1. The quantitative estimate of drug-likeness (QED) is 0.715. The highest BCUT2D eigenvalue weighted by atomic mass is 16.5. The molecule has 1 aliphatic rings. The monoisotopic (exact) mass is 190 g/mol. The second kappa shape index (κ2) is 3.45. The van der Waals surface area contributed by atoms with Crippen LogP contribution in [0.5, 0.6) is 5.75 Å². The van der Waals surface area contributed by atoms with Gasteiger partial charge in [0.1, 0.15) is 17.6 Å². The summed E-state index contributed by atoms with van der Waals surface area (Å²) < 4.78 is 5.66. The van der Waals surface area contributed by atoms with E-state index < -0.39 is 0 Å². The summed E-state index contributed by atoms with van der Waals surface area (Å²) in [5.74, 6) is 1.19. The van der Waals surface area contributed by atoms with Gasteiger partial charge in [-0.05, 0) is 37.1 Å². The van der Waals surface area contributed by atoms with Crippen LogP contribution in [0.2, 0.25) is 0 Å². The molecule has 0 bridgehead atoms. The van der Waals surface area contributed by atoms with Crippen molar-refractivity contribution < 1.29 is 9.53 Å². The lowest BCUT2D eigenvalue weighted by atomic mass is 9.94. The van der Waals surface area contributed by atoms with E-state index in [0.717, 1.165) is 5.75 Å². The second-order valence-corrected chi connectivity index (χ2v) is 4.01. The lowest BCUT2D eigenvalue weighted by molar-refractivity contribution is -0.129. The molecule has 74 valence electrons. The van der Waals surface area contributed by atoms with Crippen LogP contribution in [0.15, 0.2) is 18.2 Å². The van der Waals surface area contributed by atoms with Crippen molar-refractivity contribution in [1.82, 2.24) is 0 Å². The summed E-state index contributed by atoms with van der Waals surface area (Å²) in [6.45, 7) is 4.09. The molecule has 0 atom stereocenters. The number of hydrogen-bond donors (Lipinski definition) is 0. The highest BCUT2D eigenvalue weighted by Gasteiger charge is 2.28. The third kappa shape index (κ3) is 1.95. The molecule has 1 aromatic carbocycles. The molecule has 2 nitrogen and oxygen atoms in total. The zero-order chi connectivity index (χ0) is 10.1. The molecule has 1 saturated carbocycles. The van der Waals surface area contributed by atoms with Gasteiger partial charge in [0.2, 0.25) is 0 Å². The molecule has 2 heteroatoms. The van der Waals surface area contributed by atoms with Crippen LogP contribution in [0.4, 0.5) is 0 Å². The lowest BCUT2D eigenvalue weighted by Crippen LogP contribution is -2.33. The summed E-state index contributed by atoms with van der Waals surface area (Å²) in [6.07, 6.45) is 1.27. The minimum absolute atomic E-state index is 0.115. The normalized spacial score (nSPS) is 16.6. The van der Waals surface area contributed by atoms with E-state index in [1.165, 1.54) is 11.1 Å². The Balaban J connectivity index is 2.05. The summed E-state index contributed by atoms with van der Waals surface area (Å²) in [5, 5.41) is 0. The predicted molar refractivity (Wildman–Crippen MR) is 54.6 cm³/mol. The summed E-state index contributed by atoms with van der Waals surface area (Å²) >= 11 is 0. The average Bonchev–Trinajstić information content (AvgIpc) is 1.99. The van der Waals surface area contributed by atoms with Crippen LogP contribution in [0.1, 0.15) is 24.0 Å². The molecule has 1 fully saturated rings. The molecule has 1 aliphatic carbocycles. The van der Waals surface area contributed by atoms with Crippen molar-refractivity contribution in [2.75, 3.05) is 0 Å². The summed E-state index contributed by atoms with van der Waals surface area (Å²) in [7, 11) is 0. The number of hydrogen-bond acceptors (Lipinski definition) is 2. The Labute approximate surface area is 83.9 Å². The SMILES string of the molecule is Cc1cc(C)cc(OC2CC(=O)C2)c1. The minimum Gasteiger partial charge on any atom is -0.489 e. The predicted octanol–water partition coefficient (Wildman–Crippen LogP) is 2.41. The maximum Gasteiger partial charge on any atom is 0.140 e. The Morgan fingerprint density at radius 2 is 1.71 bits per heavy atom. The van der Waals surface area contributed by atoms with E-state index in [2.05, 4.69) is 6.07 Å². The first-order valence-electron chi connectivity index (χ1n) is 4.90. The van der Waals surface area contributed by atoms with E-state index in [1.807, 2.05) is 26.0 Å². The maximum atomic E-state index is 10.8. The molecule has 0 heterocycles. The van der Waals surface area contributed by atoms with Gasteiger partial charge in [0.15, 0.2) is 0 Å². The van der Waals surface area contributed by atoms with E-state index in [1.54, 1.807) is 0 Å². The number of Topliss-reactive ketones (excluding diaryl/α,β-unsaturated/α-hetero) is 1. The molecule has 0 N–H and O–H groups in total. The van der Waals surface area contributed by atoms with Crippen molar-refractivity contribution in [3.63, 3.8) is 0 Å². The van der Waals surface area contributed by atoms with Gasteiger partial charge in [0, 0.05) is 12.8 Å². The fourth-order valence-electron chi connectivity index (χ4n) is 1.72. The molecule has 0 saturated heterocycles. The van der Waals surface area contributed by atoms with Gasteiger partial charge in [0.05, 0.1) is 0 Å². The van der Waals surface area contributed by atoms with Crippen molar-refractivity contribution >= 4 is 5.78 Å². The van der Waals surface area contributed by atoms with Gasteiger partial charge in [-0.3, -0.25) is 4.79 Å². The summed E-state index contributed by atoms with van der Waals surface area (Å²) in [4.78, 5) is 10.8. The van der Waals surface area contributed by atoms with E-state index in [-0.39, 0.29) is 6.10 Å². The number of benzene rings is 1. The fraction of sp³-hybridized carbons (Fsp3) is 0.417. The Hall–Kier alpha value is -1.31. The summed E-state index contributed by atoms with van der Waals surface area (Å²) in [5.41, 5.74) is 2.40. The molecule has 2 rings (SSSR count). The topological polar surface area (TPSA) is 26.3 Å². The number of rotatable bonds is 2. The molecular weight excluding hydrogens is 176 g/mol. The first kappa shape index (κ1) is 9.25. The highest BCUT2D eigenvalue weighted by molar-refractivity contribution is 5.85. The van der Waals surface area contributed by atoms with Crippen LogP contribution in [0, 0.1) is 13.8 Å². The van der Waals surface area contributed by atoms with Crippen LogP contribution in [0.3, 0.4) is 0 Å². The molecule has 0 aliphatic heterocycles. The first-order chi connectivity index (χ1) is 6.63. The number of aryl methyl sites for hydroxylation is 2. The minimum atomic E-state index is 0.115. The Morgan fingerprint density at radius 3 is 2.21 bits per heavy atom. The third-order valence-corrected chi connectivity index (χ3v) is 2.41. The van der Waals surface area contributed by atoms with Gasteiger partial charge in [-0.25, -0.2) is 0 Å². The zero-order valence-corrected chi connectivity index (χ0v) is 8.54. The van der Waals surface area contributed by atoms with Gasteiger partial charge in [-0.1, -0.05) is 6.07 Å². The molecule has 0 amide bonds. The summed E-state index contributed by atoms with van der Waals surface area (Å²) in [6, 6.07) is 6.13. The van der Waals surface area contributed by atoms with Gasteiger partial charge in [-0.15, -0.1) is 0 Å². The standard InChI is InChI=1S/C12H14O2/c1-8-3-9(2)5-11(4-8)14-12-6-10(13)7-12/h3-5,12H,6-7H2,1-2H3. The highest BCUT2D eigenvalue weighted by Crippen LogP contribution is 2.24. The Kier molecular flexibility index (Phi) is 2.28. The Bertz CT molecular complexity index is 340. The first-order valence-corrected chi connectivity index (χ1v) is 4.90. The van der Waals surface area contributed by atoms with Gasteiger partial charge >= 0.3 is 0 Å². The molecule has 1 aromatic rings. The average molecular weight is 190 g/mol. The molecular formula is C12H14O2. The van der Waals surface area contributed by atoms with Crippen molar-refractivity contribution in [2.45, 2.75) is 32.8 Å². The number of ether oxygens (including phenoxy) is 1. The van der Waals surface area contributed by atoms with Gasteiger partial charge in [0.25, 0.3) is 0 Å². The van der Waals surface area contributed by atoms with E-state index >= 15 is 0 Å². The van der Waals surface area contributed by atoms with Crippen molar-refractivity contribution in [3.05, 3.63) is 29.3 Å². The van der Waals surface area contributed by atoms with Crippen molar-refractivity contribution in [2.24, 2.45) is 0 Å². The van der Waals surface area contributed by atoms with E-state index in [4.69, 9.17) is 4.74 Å². The Morgan fingerprint density at radius 1 is 1.14 bits per heavy atom. The lowest BCUT2D eigenvalue weighted by Gasteiger charge is -2.25. The van der Waals surface area contributed by atoms with Crippen molar-refractivity contribution in [1.29, 1.82) is 0 Å². The van der Waals surface area contributed by atoms with Crippen LogP contribution < -0.4 is 4.74 Å². The van der Waals surface area contributed by atoms with Crippen molar-refractivity contribution in [3.8, 4) is 5.75 Å². The van der Waals surface area contributed by atoms with Gasteiger partial charge < -0.3 is 4.74 Å². The number of carbonyl (C=O) groups is 1. The smallest absolute Gasteiger partial charge is 0.140 e. The van der Waals surface area contributed by atoms with Crippen LogP contribution in [-0.4, -0.2) is 11.9 Å². The number of carbonyl (C=O) groups excluding carboxylic acids is 1. The molecule has 14 heavy (non-hydrogen) atoms. The second-order valence-electron chi connectivity index (χ2n) is 4.01. The largest absolute Gasteiger partial charge is 0.489 e. The molecule has 0 unspecified atom stereocenters. The van der Waals surface area contributed by atoms with Crippen LogP contribution >= 0.6 is 0 Å². The molecule has 0 spiro atoms. The zero-order valence-electron chi connectivity index (χ0n) is 8.54. The van der Waals surface area contributed by atoms with E-state index in [0.29, 0.717) is 18.6 Å². The molecule has 0 aromatic heterocycles. The van der Waals surface area contributed by atoms with Crippen LogP contribution in [0.25, 0.3) is 0 Å². The third-order valence-electron chi connectivity index (χ3n) is 2.41. The molecule has 0 radical (unpaired) electrons. The van der Waals surface area contributed by atoms with Crippen LogP contribution in [-0.2, 0) is 4.79 Å². The maximum absolute atomic E-state index is 10.8. The van der Waals surface area contributed by atoms with E-state index in [9.17, 15) is 4.79 Å².